The molecule has 0 saturated carbocycles. The zero-order valence-electron chi connectivity index (χ0n) is 15.1. The van der Waals surface area contributed by atoms with E-state index in [2.05, 4.69) is 22.3 Å². The highest BCUT2D eigenvalue weighted by molar-refractivity contribution is 5.97. The van der Waals surface area contributed by atoms with Crippen molar-refractivity contribution < 1.29 is 9.59 Å². The third kappa shape index (κ3) is 4.70. The molecule has 1 aliphatic rings. The number of carbonyl (C=O) groups is 2. The Morgan fingerprint density at radius 1 is 0.923 bits per heavy atom. The van der Waals surface area contributed by atoms with E-state index in [0.717, 1.165) is 19.6 Å². The minimum Gasteiger partial charge on any atom is -0.341 e. The average molecular weight is 351 g/mol. The van der Waals surface area contributed by atoms with Crippen LogP contribution in [0.3, 0.4) is 0 Å². The van der Waals surface area contributed by atoms with Crippen molar-refractivity contribution in [2.75, 3.05) is 26.2 Å². The molecule has 0 spiro atoms. The Morgan fingerprint density at radius 2 is 1.50 bits per heavy atom. The van der Waals surface area contributed by atoms with Gasteiger partial charge >= 0.3 is 0 Å². The molecule has 1 N–H and O–H groups in total. The van der Waals surface area contributed by atoms with E-state index in [1.807, 2.05) is 41.3 Å². The maximum absolute atomic E-state index is 12.6. The van der Waals surface area contributed by atoms with Gasteiger partial charge < -0.3 is 10.2 Å². The molecule has 5 nitrogen and oxygen atoms in total. The number of nitrogens with zero attached hydrogens (tertiary/aromatic N) is 2. The lowest BCUT2D eigenvalue weighted by atomic mass is 10.1. The number of hydrogen-bond acceptors (Lipinski definition) is 3. The van der Waals surface area contributed by atoms with E-state index in [4.69, 9.17) is 0 Å². The van der Waals surface area contributed by atoms with E-state index in [1.54, 1.807) is 19.1 Å². The van der Waals surface area contributed by atoms with Crippen molar-refractivity contribution in [2.24, 2.45) is 0 Å². The lowest BCUT2D eigenvalue weighted by Gasteiger charge is -2.36. The quantitative estimate of drug-likeness (QED) is 0.898. The van der Waals surface area contributed by atoms with Crippen LogP contribution in [0.5, 0.6) is 0 Å². The fourth-order valence-corrected chi connectivity index (χ4v) is 3.17. The third-order valence-corrected chi connectivity index (χ3v) is 4.69. The second-order valence-corrected chi connectivity index (χ2v) is 6.65. The van der Waals surface area contributed by atoms with Crippen molar-refractivity contribution in [3.8, 4) is 0 Å². The van der Waals surface area contributed by atoms with E-state index in [1.165, 1.54) is 5.56 Å². The fraction of sp³-hybridized carbons (Fsp3) is 0.333. The highest BCUT2D eigenvalue weighted by Gasteiger charge is 2.26. The summed E-state index contributed by atoms with van der Waals surface area (Å²) in [5.41, 5.74) is 1.86. The molecule has 1 saturated heterocycles. The van der Waals surface area contributed by atoms with Gasteiger partial charge in [0.25, 0.3) is 5.91 Å². The molecule has 5 heteroatoms. The van der Waals surface area contributed by atoms with Crippen LogP contribution in [0, 0.1) is 0 Å². The van der Waals surface area contributed by atoms with Gasteiger partial charge in [-0.25, -0.2) is 0 Å². The number of nitrogens with one attached hydrogen (secondary N) is 1. The molecule has 1 atom stereocenters. The average Bonchev–Trinajstić information content (AvgIpc) is 2.69. The van der Waals surface area contributed by atoms with Crippen molar-refractivity contribution in [1.82, 2.24) is 15.1 Å². The Balaban J connectivity index is 1.47. The Bertz CT molecular complexity index is 725. The molecule has 3 rings (SSSR count). The van der Waals surface area contributed by atoms with Crippen molar-refractivity contribution in [1.29, 1.82) is 0 Å². The summed E-state index contributed by atoms with van der Waals surface area (Å²) in [6, 6.07) is 18.8. The minimum absolute atomic E-state index is 0.0198. The van der Waals surface area contributed by atoms with E-state index in [0.29, 0.717) is 18.7 Å². The summed E-state index contributed by atoms with van der Waals surface area (Å²) in [5, 5.41) is 2.80. The van der Waals surface area contributed by atoms with Crippen LogP contribution in [0.15, 0.2) is 60.7 Å². The van der Waals surface area contributed by atoms with Gasteiger partial charge in [0, 0.05) is 38.3 Å². The molecule has 1 fully saturated rings. The first-order chi connectivity index (χ1) is 12.6. The summed E-state index contributed by atoms with van der Waals surface area (Å²) in [7, 11) is 0. The molecule has 2 amide bonds. The number of amides is 2. The molecule has 0 unspecified atom stereocenters. The summed E-state index contributed by atoms with van der Waals surface area (Å²) >= 11 is 0. The van der Waals surface area contributed by atoms with Gasteiger partial charge in [0.05, 0.1) is 0 Å². The predicted octanol–water partition coefficient (Wildman–Crippen LogP) is 2.15. The van der Waals surface area contributed by atoms with Crippen LogP contribution in [-0.2, 0) is 11.3 Å². The van der Waals surface area contributed by atoms with Gasteiger partial charge in [-0.2, -0.15) is 0 Å². The van der Waals surface area contributed by atoms with Gasteiger partial charge in [-0.05, 0) is 24.6 Å². The predicted molar refractivity (Wildman–Crippen MR) is 102 cm³/mol. The van der Waals surface area contributed by atoms with Crippen LogP contribution < -0.4 is 5.32 Å². The van der Waals surface area contributed by atoms with Crippen molar-refractivity contribution in [3.63, 3.8) is 0 Å². The third-order valence-electron chi connectivity index (χ3n) is 4.69. The van der Waals surface area contributed by atoms with Crippen molar-refractivity contribution in [3.05, 3.63) is 71.8 Å². The summed E-state index contributed by atoms with van der Waals surface area (Å²) in [6.07, 6.45) is 0. The maximum Gasteiger partial charge on any atom is 0.251 e. The van der Waals surface area contributed by atoms with Gasteiger partial charge in [0.1, 0.15) is 6.04 Å². The molecule has 0 bridgehead atoms. The Kier molecular flexibility index (Phi) is 6.02. The summed E-state index contributed by atoms with van der Waals surface area (Å²) in [6.45, 7) is 5.73. The molecule has 136 valence electrons. The number of carbonyl (C=O) groups excluding carboxylic acids is 2. The number of piperazine rings is 1. The van der Waals surface area contributed by atoms with Gasteiger partial charge in [0.15, 0.2) is 0 Å². The topological polar surface area (TPSA) is 52.7 Å². The highest BCUT2D eigenvalue weighted by Crippen LogP contribution is 2.09. The van der Waals surface area contributed by atoms with E-state index >= 15 is 0 Å². The molecule has 2 aromatic carbocycles. The lowest BCUT2D eigenvalue weighted by Crippen LogP contribution is -2.53. The van der Waals surface area contributed by atoms with Crippen molar-refractivity contribution in [2.45, 2.75) is 19.5 Å². The van der Waals surface area contributed by atoms with E-state index in [-0.39, 0.29) is 11.8 Å². The van der Waals surface area contributed by atoms with E-state index < -0.39 is 6.04 Å². The number of hydrogen-bond donors (Lipinski definition) is 1. The fourth-order valence-electron chi connectivity index (χ4n) is 3.17. The summed E-state index contributed by atoms with van der Waals surface area (Å²) in [4.78, 5) is 29.0. The molecule has 0 aliphatic carbocycles. The first kappa shape index (κ1) is 18.1. The second-order valence-electron chi connectivity index (χ2n) is 6.65. The number of benzene rings is 2. The van der Waals surface area contributed by atoms with Crippen LogP contribution in [0.25, 0.3) is 0 Å². The van der Waals surface area contributed by atoms with Gasteiger partial charge in [0.2, 0.25) is 5.91 Å². The zero-order chi connectivity index (χ0) is 18.4. The minimum atomic E-state index is -0.525. The summed E-state index contributed by atoms with van der Waals surface area (Å²) in [5.74, 6) is -0.234. The maximum atomic E-state index is 12.6. The lowest BCUT2D eigenvalue weighted by molar-refractivity contribution is -0.134. The van der Waals surface area contributed by atoms with Gasteiger partial charge in [-0.1, -0.05) is 48.5 Å². The second kappa shape index (κ2) is 8.63. The first-order valence-electron chi connectivity index (χ1n) is 9.04. The largest absolute Gasteiger partial charge is 0.341 e. The smallest absolute Gasteiger partial charge is 0.251 e. The molecule has 1 aliphatic heterocycles. The molecule has 26 heavy (non-hydrogen) atoms. The molecule has 0 aromatic heterocycles. The molecule has 0 radical (unpaired) electrons. The Hall–Kier alpha value is -2.66. The monoisotopic (exact) mass is 351 g/mol. The van der Waals surface area contributed by atoms with Crippen LogP contribution in [0.1, 0.15) is 22.8 Å². The molecular formula is C21H25N3O2. The van der Waals surface area contributed by atoms with Gasteiger partial charge in [-0.3, -0.25) is 14.5 Å². The first-order valence-corrected chi connectivity index (χ1v) is 9.04. The van der Waals surface area contributed by atoms with Crippen LogP contribution in [0.4, 0.5) is 0 Å². The van der Waals surface area contributed by atoms with Crippen molar-refractivity contribution >= 4 is 11.8 Å². The molecule has 1 heterocycles. The summed E-state index contributed by atoms with van der Waals surface area (Å²) < 4.78 is 0. The standard InChI is InChI=1S/C21H25N3O2/c1-17(22-20(25)19-10-6-3-7-11-19)21(26)24-14-12-23(13-15-24)16-18-8-4-2-5-9-18/h2-11,17H,12-16H2,1H3,(H,22,25)/t17-/m0/s1. The zero-order valence-corrected chi connectivity index (χ0v) is 15.1. The van der Waals surface area contributed by atoms with Gasteiger partial charge in [-0.15, -0.1) is 0 Å². The molecule has 2 aromatic rings. The Morgan fingerprint density at radius 3 is 2.12 bits per heavy atom. The highest BCUT2D eigenvalue weighted by atomic mass is 16.2. The van der Waals surface area contributed by atoms with E-state index in [9.17, 15) is 9.59 Å². The van der Waals surface area contributed by atoms with Crippen LogP contribution in [-0.4, -0.2) is 53.8 Å². The Labute approximate surface area is 154 Å². The normalized spacial score (nSPS) is 16.1. The molecular weight excluding hydrogens is 326 g/mol. The SMILES string of the molecule is C[C@H](NC(=O)c1ccccc1)C(=O)N1CCN(Cc2ccccc2)CC1. The number of rotatable bonds is 5. The van der Waals surface area contributed by atoms with Crippen LogP contribution in [0.2, 0.25) is 0 Å². The van der Waals surface area contributed by atoms with Crippen LogP contribution >= 0.6 is 0 Å².